The van der Waals surface area contributed by atoms with Crippen LogP contribution in [0.2, 0.25) is 0 Å². The van der Waals surface area contributed by atoms with Crippen LogP contribution in [-0.2, 0) is 27.4 Å². The third kappa shape index (κ3) is 2.38. The Balaban J connectivity index is 2.69. The van der Waals surface area contributed by atoms with Gasteiger partial charge in [-0.2, -0.15) is 0 Å². The largest absolute Gasteiger partial charge is 0.468 e. The quantitative estimate of drug-likeness (QED) is 0.631. The molecule has 0 unspecified atom stereocenters. The second-order valence-corrected chi connectivity index (χ2v) is 3.73. The van der Waals surface area contributed by atoms with Crippen LogP contribution in [0.15, 0.2) is 17.6 Å². The average molecular weight is 202 g/mol. The van der Waals surface area contributed by atoms with Gasteiger partial charge in [-0.1, -0.05) is 0 Å². The SMILES string of the molecule is COC(=O)C[S@@](=O)c1nccn1C. The summed E-state index contributed by atoms with van der Waals surface area (Å²) in [6.45, 7) is 0. The van der Waals surface area contributed by atoms with Crippen LogP contribution in [0, 0.1) is 0 Å². The third-order valence-corrected chi connectivity index (χ3v) is 2.76. The van der Waals surface area contributed by atoms with E-state index >= 15 is 0 Å². The van der Waals surface area contributed by atoms with Crippen molar-refractivity contribution in [2.45, 2.75) is 5.16 Å². The predicted molar refractivity (Wildman–Crippen MR) is 46.5 cm³/mol. The van der Waals surface area contributed by atoms with Gasteiger partial charge >= 0.3 is 5.97 Å². The first kappa shape index (κ1) is 9.91. The van der Waals surface area contributed by atoms with E-state index in [-0.39, 0.29) is 5.75 Å². The molecule has 1 rings (SSSR count). The summed E-state index contributed by atoms with van der Waals surface area (Å²) in [7, 11) is 1.57. The molecule has 0 fully saturated rings. The van der Waals surface area contributed by atoms with Gasteiger partial charge in [0.25, 0.3) is 0 Å². The van der Waals surface area contributed by atoms with E-state index in [1.165, 1.54) is 13.3 Å². The van der Waals surface area contributed by atoms with Crippen molar-refractivity contribution in [2.24, 2.45) is 7.05 Å². The van der Waals surface area contributed by atoms with E-state index in [4.69, 9.17) is 0 Å². The molecular formula is C7H10N2O3S. The van der Waals surface area contributed by atoms with E-state index in [0.717, 1.165) is 0 Å². The Labute approximate surface area is 78.2 Å². The molecule has 6 heteroatoms. The van der Waals surface area contributed by atoms with E-state index in [0.29, 0.717) is 5.16 Å². The van der Waals surface area contributed by atoms with Gasteiger partial charge in [0.2, 0.25) is 0 Å². The number of aromatic nitrogens is 2. The standard InChI is InChI=1S/C7H10N2O3S/c1-9-4-3-8-7(9)13(11)5-6(10)12-2/h3-4H,5H2,1-2H3/t13-/m1/s1. The molecule has 1 aromatic heterocycles. The fourth-order valence-corrected chi connectivity index (χ4v) is 1.82. The van der Waals surface area contributed by atoms with Crippen LogP contribution in [0.1, 0.15) is 0 Å². The van der Waals surface area contributed by atoms with Crippen LogP contribution < -0.4 is 0 Å². The molecule has 0 bridgehead atoms. The van der Waals surface area contributed by atoms with E-state index in [1.54, 1.807) is 17.8 Å². The van der Waals surface area contributed by atoms with Crippen molar-refractivity contribution in [3.8, 4) is 0 Å². The molecule has 0 amide bonds. The molecule has 0 aliphatic carbocycles. The predicted octanol–water partition coefficient (Wildman–Crippen LogP) is -0.299. The molecule has 0 radical (unpaired) electrons. The van der Waals surface area contributed by atoms with Crippen molar-refractivity contribution in [1.29, 1.82) is 0 Å². The minimum Gasteiger partial charge on any atom is -0.468 e. The van der Waals surface area contributed by atoms with Crippen LogP contribution in [0.25, 0.3) is 0 Å². The molecule has 0 saturated heterocycles. The minimum atomic E-state index is -1.42. The summed E-state index contributed by atoms with van der Waals surface area (Å²) in [5, 5.41) is 0.380. The Hall–Kier alpha value is -1.17. The summed E-state index contributed by atoms with van der Waals surface area (Å²) in [6, 6.07) is 0. The lowest BCUT2D eigenvalue weighted by molar-refractivity contribution is -0.137. The molecule has 1 atom stereocenters. The van der Waals surface area contributed by atoms with Crippen LogP contribution in [-0.4, -0.2) is 32.6 Å². The van der Waals surface area contributed by atoms with Crippen molar-refractivity contribution >= 4 is 16.8 Å². The van der Waals surface area contributed by atoms with Crippen LogP contribution in [0.4, 0.5) is 0 Å². The van der Waals surface area contributed by atoms with E-state index in [2.05, 4.69) is 9.72 Å². The maximum atomic E-state index is 11.4. The number of methoxy groups -OCH3 is 1. The zero-order chi connectivity index (χ0) is 9.84. The first-order chi connectivity index (χ1) is 6.15. The highest BCUT2D eigenvalue weighted by Gasteiger charge is 2.13. The Morgan fingerprint density at radius 2 is 2.46 bits per heavy atom. The lowest BCUT2D eigenvalue weighted by Gasteiger charge is -2.00. The van der Waals surface area contributed by atoms with Gasteiger partial charge in [0.15, 0.2) is 5.16 Å². The summed E-state index contributed by atoms with van der Waals surface area (Å²) in [6.07, 6.45) is 3.20. The lowest BCUT2D eigenvalue weighted by atomic mass is 10.8. The number of carbonyl (C=O) groups is 1. The number of ether oxygens (including phenoxy) is 1. The smallest absolute Gasteiger partial charge is 0.318 e. The van der Waals surface area contributed by atoms with Gasteiger partial charge in [0.05, 0.1) is 7.11 Å². The monoisotopic (exact) mass is 202 g/mol. The Morgan fingerprint density at radius 1 is 1.77 bits per heavy atom. The number of esters is 1. The van der Waals surface area contributed by atoms with Gasteiger partial charge < -0.3 is 9.30 Å². The number of hydrogen-bond acceptors (Lipinski definition) is 4. The molecular weight excluding hydrogens is 192 g/mol. The molecule has 1 aromatic rings. The van der Waals surface area contributed by atoms with Gasteiger partial charge in [0, 0.05) is 19.4 Å². The first-order valence-electron chi connectivity index (χ1n) is 3.57. The van der Waals surface area contributed by atoms with Gasteiger partial charge in [-0.05, 0) is 0 Å². The summed E-state index contributed by atoms with van der Waals surface area (Å²) in [5.74, 6) is -0.650. The second kappa shape index (κ2) is 4.18. The summed E-state index contributed by atoms with van der Waals surface area (Å²) < 4.78 is 17.4. The van der Waals surface area contributed by atoms with Gasteiger partial charge in [0.1, 0.15) is 16.6 Å². The molecule has 0 saturated carbocycles. The maximum absolute atomic E-state index is 11.4. The van der Waals surface area contributed by atoms with Crippen molar-refractivity contribution in [3.63, 3.8) is 0 Å². The first-order valence-corrected chi connectivity index (χ1v) is 4.89. The summed E-state index contributed by atoms with van der Waals surface area (Å²) in [4.78, 5) is 14.6. The van der Waals surface area contributed by atoms with Gasteiger partial charge in [-0.3, -0.25) is 9.00 Å². The fraction of sp³-hybridized carbons (Fsp3) is 0.429. The Morgan fingerprint density at radius 3 is 2.92 bits per heavy atom. The molecule has 5 nitrogen and oxygen atoms in total. The summed E-state index contributed by atoms with van der Waals surface area (Å²) in [5.41, 5.74) is 0. The number of imidazole rings is 1. The molecule has 72 valence electrons. The topological polar surface area (TPSA) is 61.2 Å². The van der Waals surface area contributed by atoms with Crippen molar-refractivity contribution in [1.82, 2.24) is 9.55 Å². The second-order valence-electron chi connectivity index (χ2n) is 2.39. The highest BCUT2D eigenvalue weighted by atomic mass is 32.2. The minimum absolute atomic E-state index is 0.151. The number of nitrogens with zero attached hydrogens (tertiary/aromatic N) is 2. The van der Waals surface area contributed by atoms with Crippen LogP contribution in [0.5, 0.6) is 0 Å². The highest BCUT2D eigenvalue weighted by molar-refractivity contribution is 7.85. The average Bonchev–Trinajstić information content (AvgIpc) is 2.51. The maximum Gasteiger partial charge on any atom is 0.318 e. The zero-order valence-corrected chi connectivity index (χ0v) is 8.21. The normalized spacial score (nSPS) is 12.5. The molecule has 0 N–H and O–H groups in total. The zero-order valence-electron chi connectivity index (χ0n) is 7.39. The number of rotatable bonds is 3. The molecule has 0 spiro atoms. The molecule has 0 aromatic carbocycles. The van der Waals surface area contributed by atoms with Crippen molar-refractivity contribution in [3.05, 3.63) is 12.4 Å². The van der Waals surface area contributed by atoms with Gasteiger partial charge in [-0.15, -0.1) is 0 Å². The molecule has 1 heterocycles. The van der Waals surface area contributed by atoms with Gasteiger partial charge in [-0.25, -0.2) is 4.98 Å². The van der Waals surface area contributed by atoms with Crippen molar-refractivity contribution < 1.29 is 13.7 Å². The fourth-order valence-electron chi connectivity index (χ4n) is 0.802. The Kier molecular flexibility index (Phi) is 3.18. The molecule has 0 aliphatic rings. The summed E-state index contributed by atoms with van der Waals surface area (Å²) >= 11 is 0. The Bertz CT molecular complexity index is 334. The van der Waals surface area contributed by atoms with Crippen LogP contribution in [0.3, 0.4) is 0 Å². The van der Waals surface area contributed by atoms with E-state index < -0.39 is 16.8 Å². The third-order valence-electron chi connectivity index (χ3n) is 1.46. The van der Waals surface area contributed by atoms with E-state index in [1.807, 2.05) is 0 Å². The van der Waals surface area contributed by atoms with E-state index in [9.17, 15) is 9.00 Å². The number of hydrogen-bond donors (Lipinski definition) is 0. The highest BCUT2D eigenvalue weighted by Crippen LogP contribution is 2.01. The van der Waals surface area contributed by atoms with Crippen LogP contribution >= 0.6 is 0 Å². The van der Waals surface area contributed by atoms with Crippen molar-refractivity contribution in [2.75, 3.05) is 12.9 Å². The number of carbonyl (C=O) groups excluding carboxylic acids is 1. The molecule has 13 heavy (non-hydrogen) atoms. The number of aryl methyl sites for hydroxylation is 1. The lowest BCUT2D eigenvalue weighted by Crippen LogP contribution is -2.14. The molecule has 0 aliphatic heterocycles.